The number of aromatic nitrogens is 1. The molecule has 0 aliphatic carbocycles. The molecule has 1 saturated heterocycles. The summed E-state index contributed by atoms with van der Waals surface area (Å²) in [6.45, 7) is 8.03. The molecule has 220 valence electrons. The van der Waals surface area contributed by atoms with Gasteiger partial charge in [0.15, 0.2) is 0 Å². The van der Waals surface area contributed by atoms with Crippen LogP contribution in [0.3, 0.4) is 0 Å². The summed E-state index contributed by atoms with van der Waals surface area (Å²) >= 11 is 0. The third kappa shape index (κ3) is 8.35. The normalized spacial score (nSPS) is 16.5. The van der Waals surface area contributed by atoms with Gasteiger partial charge in [-0.15, -0.1) is 0 Å². The first-order valence-corrected chi connectivity index (χ1v) is 14.6. The SMILES string of the molecule is Bc1ccc(C[C@H](CC(=O)N2CCCC(c3cc4c(F)cccc4n3CCCOC)C2)NC(=O)OC(C)(C)C)cc1. The zero-order chi connectivity index (χ0) is 29.6. The minimum atomic E-state index is -0.635. The molecular weight excluding hydrogens is 520 g/mol. The highest BCUT2D eigenvalue weighted by Crippen LogP contribution is 2.33. The lowest BCUT2D eigenvalue weighted by Gasteiger charge is -2.34. The van der Waals surface area contributed by atoms with Crippen LogP contribution in [0.4, 0.5) is 9.18 Å². The third-order valence-corrected chi connectivity index (χ3v) is 7.59. The summed E-state index contributed by atoms with van der Waals surface area (Å²) in [5.41, 5.74) is 3.49. The van der Waals surface area contributed by atoms with E-state index in [1.165, 1.54) is 6.07 Å². The van der Waals surface area contributed by atoms with Crippen LogP contribution in [-0.4, -0.2) is 67.8 Å². The van der Waals surface area contributed by atoms with Crippen molar-refractivity contribution < 1.29 is 23.5 Å². The standard InChI is InChI=1S/C32H43BFN3O4/c1-32(2,3)41-31(39)35-25(18-22-11-13-24(33)14-12-22)19-30(38)36-15-6-8-23(21-36)29-20-26-27(34)9-5-10-28(26)37(29)16-7-17-40-4/h5,9-14,20,23,25H,6-8,15-19,21,33H2,1-4H3,(H,35,39)/t23?,25-/m1/s1. The summed E-state index contributed by atoms with van der Waals surface area (Å²) < 4.78 is 27.7. The molecule has 0 radical (unpaired) electrons. The van der Waals surface area contributed by atoms with Crippen molar-refractivity contribution in [3.05, 3.63) is 65.6 Å². The molecular formula is C32H43BFN3O4. The Balaban J connectivity index is 1.51. The first-order chi connectivity index (χ1) is 19.5. The second kappa shape index (κ2) is 13.6. The Morgan fingerprint density at radius 3 is 2.63 bits per heavy atom. The van der Waals surface area contributed by atoms with Crippen LogP contribution in [0.1, 0.15) is 63.6 Å². The van der Waals surface area contributed by atoms with E-state index >= 15 is 0 Å². The maximum atomic E-state index is 14.7. The van der Waals surface area contributed by atoms with Crippen molar-refractivity contribution in [3.8, 4) is 0 Å². The predicted molar refractivity (Wildman–Crippen MR) is 163 cm³/mol. The Hall–Kier alpha value is -3.33. The fraction of sp³-hybridized carbons (Fsp3) is 0.500. The quantitative estimate of drug-likeness (QED) is 0.295. The van der Waals surface area contributed by atoms with E-state index in [2.05, 4.69) is 9.88 Å². The van der Waals surface area contributed by atoms with Crippen LogP contribution in [0.5, 0.6) is 0 Å². The van der Waals surface area contributed by atoms with Crippen molar-refractivity contribution in [2.24, 2.45) is 0 Å². The molecule has 1 aliphatic heterocycles. The highest BCUT2D eigenvalue weighted by Gasteiger charge is 2.30. The monoisotopic (exact) mass is 563 g/mol. The maximum absolute atomic E-state index is 14.7. The Morgan fingerprint density at radius 1 is 1.17 bits per heavy atom. The van der Waals surface area contributed by atoms with Gasteiger partial charge in [-0.3, -0.25) is 4.79 Å². The maximum Gasteiger partial charge on any atom is 0.407 e. The van der Waals surface area contributed by atoms with Crippen LogP contribution in [0, 0.1) is 5.82 Å². The summed E-state index contributed by atoms with van der Waals surface area (Å²) in [5.74, 6) is -0.141. The average Bonchev–Trinajstić information content (AvgIpc) is 3.29. The molecule has 1 N–H and O–H groups in total. The van der Waals surface area contributed by atoms with Gasteiger partial charge in [-0.2, -0.15) is 0 Å². The zero-order valence-electron chi connectivity index (χ0n) is 25.0. The van der Waals surface area contributed by atoms with E-state index in [4.69, 9.17) is 9.47 Å². The summed E-state index contributed by atoms with van der Waals surface area (Å²) in [5, 5.41) is 3.56. The molecule has 41 heavy (non-hydrogen) atoms. The molecule has 4 rings (SSSR count). The molecule has 0 saturated carbocycles. The van der Waals surface area contributed by atoms with Gasteiger partial charge in [0.25, 0.3) is 0 Å². The van der Waals surface area contributed by atoms with Crippen molar-refractivity contribution in [3.63, 3.8) is 0 Å². The van der Waals surface area contributed by atoms with Crippen LogP contribution >= 0.6 is 0 Å². The third-order valence-electron chi connectivity index (χ3n) is 7.59. The van der Waals surface area contributed by atoms with Crippen molar-refractivity contribution in [1.82, 2.24) is 14.8 Å². The summed E-state index contributed by atoms with van der Waals surface area (Å²) in [7, 11) is 3.71. The number of likely N-dealkylation sites (tertiary alicyclic amines) is 1. The van der Waals surface area contributed by atoms with Crippen molar-refractivity contribution in [2.75, 3.05) is 26.8 Å². The second-order valence-electron chi connectivity index (χ2n) is 12.2. The summed E-state index contributed by atoms with van der Waals surface area (Å²) in [6.07, 6.45) is 2.77. The van der Waals surface area contributed by atoms with Crippen LogP contribution in [-0.2, 0) is 27.2 Å². The Morgan fingerprint density at radius 2 is 1.93 bits per heavy atom. The van der Waals surface area contributed by atoms with E-state index in [-0.39, 0.29) is 24.1 Å². The fourth-order valence-electron chi connectivity index (χ4n) is 5.67. The van der Waals surface area contributed by atoms with Gasteiger partial charge in [-0.05, 0) is 70.2 Å². The number of amides is 2. The molecule has 2 amide bonds. The number of piperidine rings is 1. The Labute approximate surface area is 243 Å². The predicted octanol–water partition coefficient (Wildman–Crippen LogP) is 4.31. The topological polar surface area (TPSA) is 72.8 Å². The number of nitrogens with zero attached hydrogens (tertiary/aromatic N) is 2. The molecule has 1 fully saturated rings. The largest absolute Gasteiger partial charge is 0.444 e. The number of halogens is 1. The number of aryl methyl sites for hydroxylation is 1. The number of rotatable bonds is 10. The molecule has 0 spiro atoms. The van der Waals surface area contributed by atoms with E-state index in [1.807, 2.05) is 69.9 Å². The van der Waals surface area contributed by atoms with Crippen molar-refractivity contribution in [1.29, 1.82) is 0 Å². The molecule has 0 bridgehead atoms. The number of carbonyl (C=O) groups excluding carboxylic acids is 2. The van der Waals surface area contributed by atoms with E-state index < -0.39 is 17.7 Å². The lowest BCUT2D eigenvalue weighted by Crippen LogP contribution is -2.46. The number of methoxy groups -OCH3 is 1. The van der Waals surface area contributed by atoms with Gasteiger partial charge in [0.1, 0.15) is 19.3 Å². The van der Waals surface area contributed by atoms with Gasteiger partial charge in [0.2, 0.25) is 5.91 Å². The first kappa shape index (κ1) is 30.6. The van der Waals surface area contributed by atoms with Gasteiger partial charge >= 0.3 is 6.09 Å². The number of fused-ring (bicyclic) bond motifs is 1. The minimum absolute atomic E-state index is 0.00362. The van der Waals surface area contributed by atoms with E-state index in [1.54, 1.807) is 13.2 Å². The van der Waals surface area contributed by atoms with Gasteiger partial charge in [0, 0.05) is 62.8 Å². The number of benzene rings is 2. The van der Waals surface area contributed by atoms with Gasteiger partial charge in [0.05, 0.1) is 5.52 Å². The zero-order valence-corrected chi connectivity index (χ0v) is 25.0. The minimum Gasteiger partial charge on any atom is -0.444 e. The summed E-state index contributed by atoms with van der Waals surface area (Å²) in [6, 6.07) is 14.9. The van der Waals surface area contributed by atoms with Gasteiger partial charge in [-0.1, -0.05) is 35.8 Å². The fourth-order valence-corrected chi connectivity index (χ4v) is 5.67. The van der Waals surface area contributed by atoms with E-state index in [9.17, 15) is 14.0 Å². The number of alkyl carbamates (subject to hydrolysis) is 1. The van der Waals surface area contributed by atoms with Gasteiger partial charge in [-0.25, -0.2) is 9.18 Å². The van der Waals surface area contributed by atoms with Crippen LogP contribution < -0.4 is 10.8 Å². The lowest BCUT2D eigenvalue weighted by atomic mass is 9.92. The summed E-state index contributed by atoms with van der Waals surface area (Å²) in [4.78, 5) is 28.2. The van der Waals surface area contributed by atoms with Crippen LogP contribution in [0.25, 0.3) is 10.9 Å². The van der Waals surface area contributed by atoms with Crippen molar-refractivity contribution >= 4 is 36.2 Å². The first-order valence-electron chi connectivity index (χ1n) is 14.6. The number of nitrogens with one attached hydrogen (secondary N) is 1. The Kier molecular flexibility index (Phi) is 10.1. The second-order valence-corrected chi connectivity index (χ2v) is 12.2. The molecule has 7 nitrogen and oxygen atoms in total. The van der Waals surface area contributed by atoms with Crippen LogP contribution in [0.15, 0.2) is 48.5 Å². The number of ether oxygens (including phenoxy) is 2. The molecule has 2 aromatic carbocycles. The van der Waals surface area contributed by atoms with Crippen molar-refractivity contribution in [2.45, 2.75) is 77.0 Å². The smallest absolute Gasteiger partial charge is 0.407 e. The van der Waals surface area contributed by atoms with Crippen LogP contribution in [0.2, 0.25) is 0 Å². The molecule has 1 aliphatic rings. The molecule has 2 heterocycles. The average molecular weight is 564 g/mol. The molecule has 1 unspecified atom stereocenters. The van der Waals surface area contributed by atoms with E-state index in [0.29, 0.717) is 31.5 Å². The van der Waals surface area contributed by atoms with Gasteiger partial charge < -0.3 is 24.3 Å². The van der Waals surface area contributed by atoms with E-state index in [0.717, 1.165) is 48.0 Å². The number of carbonyl (C=O) groups is 2. The molecule has 2 atom stereocenters. The highest BCUT2D eigenvalue weighted by atomic mass is 19.1. The Bertz CT molecular complexity index is 1340. The molecule has 1 aromatic heterocycles. The number of hydrogen-bond acceptors (Lipinski definition) is 4. The highest BCUT2D eigenvalue weighted by molar-refractivity contribution is 6.32. The molecule has 9 heteroatoms. The molecule has 3 aromatic rings. The number of hydrogen-bond donors (Lipinski definition) is 1. The lowest BCUT2D eigenvalue weighted by molar-refractivity contribution is -0.132.